The van der Waals surface area contributed by atoms with E-state index in [1.54, 1.807) is 24.3 Å². The monoisotopic (exact) mass is 262 g/mol. The molecule has 1 saturated carbocycles. The summed E-state index contributed by atoms with van der Waals surface area (Å²) in [6, 6.07) is 8.89. The Kier molecular flexibility index (Phi) is 4.72. The van der Waals surface area contributed by atoms with Crippen molar-refractivity contribution in [1.29, 1.82) is 0 Å². The van der Waals surface area contributed by atoms with E-state index in [4.69, 9.17) is 4.74 Å². The van der Waals surface area contributed by atoms with Gasteiger partial charge in [0, 0.05) is 0 Å². The quantitative estimate of drug-likeness (QED) is 0.607. The average molecular weight is 262 g/mol. The summed E-state index contributed by atoms with van der Waals surface area (Å²) in [7, 11) is 0. The third-order valence-electron chi connectivity index (χ3n) is 3.65. The Bertz CT molecular complexity index is 441. The molecule has 2 atom stereocenters. The number of halogens is 1. The zero-order valence-corrected chi connectivity index (χ0v) is 11.0. The molecule has 0 heterocycles. The minimum atomic E-state index is -0.886. The maximum atomic E-state index is 13.5. The van der Waals surface area contributed by atoms with Gasteiger partial charge in [-0.05, 0) is 49.3 Å². The summed E-state index contributed by atoms with van der Waals surface area (Å²) in [5.41, 5.74) is 1.22. The van der Waals surface area contributed by atoms with E-state index in [1.165, 1.54) is 0 Å². The van der Waals surface area contributed by atoms with Gasteiger partial charge >= 0.3 is 5.97 Å². The van der Waals surface area contributed by atoms with E-state index >= 15 is 0 Å². The molecule has 1 aliphatic rings. The van der Waals surface area contributed by atoms with Crippen molar-refractivity contribution in [2.75, 3.05) is 6.61 Å². The Morgan fingerprint density at radius 1 is 1.32 bits per heavy atom. The molecule has 1 aliphatic carbocycles. The van der Waals surface area contributed by atoms with Crippen molar-refractivity contribution in [1.82, 2.24) is 0 Å². The highest BCUT2D eigenvalue weighted by Crippen LogP contribution is 2.32. The van der Waals surface area contributed by atoms with Crippen molar-refractivity contribution in [3.05, 3.63) is 48.0 Å². The van der Waals surface area contributed by atoms with Crippen LogP contribution in [0.5, 0.6) is 0 Å². The van der Waals surface area contributed by atoms with Crippen molar-refractivity contribution in [3.63, 3.8) is 0 Å². The average Bonchev–Trinajstić information content (AvgIpc) is 2.44. The summed E-state index contributed by atoms with van der Waals surface area (Å²) >= 11 is 0. The van der Waals surface area contributed by atoms with Crippen LogP contribution in [0.4, 0.5) is 4.39 Å². The molecule has 2 nitrogen and oxygen atoms in total. The van der Waals surface area contributed by atoms with Crippen molar-refractivity contribution in [2.24, 2.45) is 5.92 Å². The second kappa shape index (κ2) is 6.50. The molecule has 19 heavy (non-hydrogen) atoms. The first kappa shape index (κ1) is 13.8. The largest absolute Gasteiger partial charge is 0.462 e. The van der Waals surface area contributed by atoms with Gasteiger partial charge in [0.05, 0.1) is 12.2 Å². The third-order valence-corrected chi connectivity index (χ3v) is 3.65. The number of hydrogen-bond acceptors (Lipinski definition) is 2. The fourth-order valence-electron chi connectivity index (χ4n) is 2.45. The van der Waals surface area contributed by atoms with E-state index < -0.39 is 6.17 Å². The lowest BCUT2D eigenvalue weighted by molar-refractivity contribution is 0.0481. The predicted molar refractivity (Wildman–Crippen MR) is 72.7 cm³/mol. The smallest absolute Gasteiger partial charge is 0.338 e. The van der Waals surface area contributed by atoms with Gasteiger partial charge in [0.15, 0.2) is 0 Å². The fourth-order valence-corrected chi connectivity index (χ4v) is 2.45. The number of benzene rings is 1. The Morgan fingerprint density at radius 2 is 2.05 bits per heavy atom. The summed E-state index contributed by atoms with van der Waals surface area (Å²) < 4.78 is 18.7. The SMILES string of the molecule is C=C1C(CCOC(=O)c2ccccc2)CCC[C@@H]1F. The highest BCUT2D eigenvalue weighted by molar-refractivity contribution is 5.89. The van der Waals surface area contributed by atoms with Crippen LogP contribution in [0.3, 0.4) is 0 Å². The number of carbonyl (C=O) groups is 1. The molecule has 3 heteroatoms. The lowest BCUT2D eigenvalue weighted by atomic mass is 9.82. The van der Waals surface area contributed by atoms with Gasteiger partial charge in [-0.15, -0.1) is 0 Å². The number of allylic oxidation sites excluding steroid dienone is 1. The van der Waals surface area contributed by atoms with Crippen LogP contribution in [0.1, 0.15) is 36.0 Å². The van der Waals surface area contributed by atoms with E-state index in [1.807, 2.05) is 6.07 Å². The Balaban J connectivity index is 1.77. The predicted octanol–water partition coefficient (Wildman–Crippen LogP) is 3.93. The van der Waals surface area contributed by atoms with E-state index in [0.29, 0.717) is 30.6 Å². The fraction of sp³-hybridized carbons (Fsp3) is 0.438. The summed E-state index contributed by atoms with van der Waals surface area (Å²) in [4.78, 5) is 11.7. The molecule has 0 radical (unpaired) electrons. The maximum Gasteiger partial charge on any atom is 0.338 e. The highest BCUT2D eigenvalue weighted by Gasteiger charge is 2.25. The molecule has 0 aromatic heterocycles. The van der Waals surface area contributed by atoms with Gasteiger partial charge in [-0.25, -0.2) is 9.18 Å². The minimum absolute atomic E-state index is 0.146. The standard InChI is InChI=1S/C16H19FO2/c1-12-13(8-5-9-15(12)17)10-11-19-16(18)14-6-3-2-4-7-14/h2-4,6-7,13,15H,1,5,8-11H2/t13?,15-/m0/s1. The molecule has 2 rings (SSSR count). The summed E-state index contributed by atoms with van der Waals surface area (Å²) in [5, 5.41) is 0. The van der Waals surface area contributed by atoms with Crippen LogP contribution in [-0.2, 0) is 4.74 Å². The van der Waals surface area contributed by atoms with Crippen molar-refractivity contribution >= 4 is 5.97 Å². The Morgan fingerprint density at radius 3 is 2.79 bits per heavy atom. The molecule has 0 saturated heterocycles. The first-order chi connectivity index (χ1) is 9.18. The summed E-state index contributed by atoms with van der Waals surface area (Å²) in [6.07, 6.45) is 2.19. The molecule has 102 valence electrons. The van der Waals surface area contributed by atoms with Gasteiger partial charge in [-0.3, -0.25) is 0 Å². The summed E-state index contributed by atoms with van der Waals surface area (Å²) in [6.45, 7) is 4.14. The topological polar surface area (TPSA) is 26.3 Å². The molecule has 1 aromatic rings. The molecule has 1 unspecified atom stereocenters. The molecular weight excluding hydrogens is 243 g/mol. The molecule has 0 spiro atoms. The van der Waals surface area contributed by atoms with E-state index in [0.717, 1.165) is 12.8 Å². The third kappa shape index (κ3) is 3.66. The van der Waals surface area contributed by atoms with E-state index in [-0.39, 0.29) is 11.9 Å². The number of esters is 1. The van der Waals surface area contributed by atoms with E-state index in [9.17, 15) is 9.18 Å². The van der Waals surface area contributed by atoms with Gasteiger partial charge in [0.1, 0.15) is 6.17 Å². The zero-order valence-electron chi connectivity index (χ0n) is 11.0. The van der Waals surface area contributed by atoms with Crippen molar-refractivity contribution in [3.8, 4) is 0 Å². The molecule has 0 amide bonds. The number of carbonyl (C=O) groups excluding carboxylic acids is 1. The summed E-state index contributed by atoms with van der Waals surface area (Å²) in [5.74, 6) is -0.175. The lowest BCUT2D eigenvalue weighted by Crippen LogP contribution is -2.21. The van der Waals surface area contributed by atoms with Crippen LogP contribution in [0.2, 0.25) is 0 Å². The second-order valence-corrected chi connectivity index (χ2v) is 4.96. The molecule has 0 aliphatic heterocycles. The van der Waals surface area contributed by atoms with E-state index in [2.05, 4.69) is 6.58 Å². The zero-order chi connectivity index (χ0) is 13.7. The van der Waals surface area contributed by atoms with Crippen molar-refractivity contribution < 1.29 is 13.9 Å². The van der Waals surface area contributed by atoms with Crippen LogP contribution in [0.25, 0.3) is 0 Å². The van der Waals surface area contributed by atoms with Crippen LogP contribution >= 0.6 is 0 Å². The normalized spacial score (nSPS) is 23.1. The molecule has 1 fully saturated rings. The second-order valence-electron chi connectivity index (χ2n) is 4.96. The maximum absolute atomic E-state index is 13.5. The minimum Gasteiger partial charge on any atom is -0.462 e. The van der Waals surface area contributed by atoms with Crippen molar-refractivity contribution in [2.45, 2.75) is 31.9 Å². The molecule has 0 N–H and O–H groups in total. The van der Waals surface area contributed by atoms with Crippen LogP contribution in [0.15, 0.2) is 42.5 Å². The van der Waals surface area contributed by atoms with Crippen LogP contribution < -0.4 is 0 Å². The number of hydrogen-bond donors (Lipinski definition) is 0. The van der Waals surface area contributed by atoms with Gasteiger partial charge in [-0.1, -0.05) is 24.8 Å². The van der Waals surface area contributed by atoms with Gasteiger partial charge in [0.2, 0.25) is 0 Å². The first-order valence-corrected chi connectivity index (χ1v) is 6.73. The molecule has 1 aromatic carbocycles. The first-order valence-electron chi connectivity index (χ1n) is 6.73. The Hall–Kier alpha value is -1.64. The number of rotatable bonds is 4. The van der Waals surface area contributed by atoms with Gasteiger partial charge in [-0.2, -0.15) is 0 Å². The van der Waals surface area contributed by atoms with Crippen LogP contribution in [0, 0.1) is 5.92 Å². The highest BCUT2D eigenvalue weighted by atomic mass is 19.1. The Labute approximate surface area is 113 Å². The van der Waals surface area contributed by atoms with Gasteiger partial charge in [0.25, 0.3) is 0 Å². The molecular formula is C16H19FO2. The van der Waals surface area contributed by atoms with Crippen LogP contribution in [-0.4, -0.2) is 18.7 Å². The molecule has 0 bridgehead atoms. The van der Waals surface area contributed by atoms with Gasteiger partial charge < -0.3 is 4.74 Å². The number of ether oxygens (including phenoxy) is 1. The number of alkyl halides is 1. The lowest BCUT2D eigenvalue weighted by Gasteiger charge is -2.27.